The maximum Gasteiger partial charge on any atom is 0.237 e. The van der Waals surface area contributed by atoms with Gasteiger partial charge < -0.3 is 20.1 Å². The number of rotatable bonds is 7. The number of benzene rings is 1. The van der Waals surface area contributed by atoms with Crippen molar-refractivity contribution in [2.75, 3.05) is 20.3 Å². The average molecular weight is 329 g/mol. The molecule has 2 rings (SSSR count). The van der Waals surface area contributed by atoms with E-state index < -0.39 is 0 Å². The Kier molecular flexibility index (Phi) is 8.42. The zero-order valence-corrected chi connectivity index (χ0v) is 13.9. The monoisotopic (exact) mass is 328 g/mol. The van der Waals surface area contributed by atoms with Crippen LogP contribution in [0, 0.1) is 0 Å². The molecule has 1 heterocycles. The van der Waals surface area contributed by atoms with E-state index in [2.05, 4.69) is 10.6 Å². The summed E-state index contributed by atoms with van der Waals surface area (Å²) >= 11 is 0. The standard InChI is InChI=1S/C16H24N2O3.ClH/c1-3-21-11-13-7-5-4-6-12(13)9-18-16(19)15-8-14(20-2)10-17-15;/h4-7,14-15,17H,3,8-11H2,1-2H3,(H,18,19);1H/t14-,15-;/m0./s1. The van der Waals surface area contributed by atoms with E-state index in [0.29, 0.717) is 19.8 Å². The van der Waals surface area contributed by atoms with Gasteiger partial charge in [0.2, 0.25) is 5.91 Å². The van der Waals surface area contributed by atoms with Gasteiger partial charge in [-0.3, -0.25) is 4.79 Å². The van der Waals surface area contributed by atoms with Gasteiger partial charge in [0.05, 0.1) is 18.8 Å². The van der Waals surface area contributed by atoms with E-state index in [4.69, 9.17) is 9.47 Å². The maximum absolute atomic E-state index is 12.1. The lowest BCUT2D eigenvalue weighted by atomic mass is 10.1. The van der Waals surface area contributed by atoms with E-state index in [1.807, 2.05) is 31.2 Å². The van der Waals surface area contributed by atoms with E-state index in [1.165, 1.54) is 0 Å². The van der Waals surface area contributed by atoms with Gasteiger partial charge in [-0.1, -0.05) is 24.3 Å². The molecule has 1 fully saturated rings. The lowest BCUT2D eigenvalue weighted by molar-refractivity contribution is -0.123. The van der Waals surface area contributed by atoms with E-state index in [1.54, 1.807) is 7.11 Å². The SMILES string of the molecule is CCOCc1ccccc1CNC(=O)[C@@H]1C[C@H](OC)CN1.Cl. The molecule has 1 aromatic rings. The van der Waals surface area contributed by atoms with Crippen LogP contribution in [0.15, 0.2) is 24.3 Å². The number of amides is 1. The molecule has 0 bridgehead atoms. The Morgan fingerprint density at radius 3 is 2.73 bits per heavy atom. The third-order valence-electron chi connectivity index (χ3n) is 3.77. The fraction of sp³-hybridized carbons (Fsp3) is 0.562. The minimum absolute atomic E-state index is 0. The summed E-state index contributed by atoms with van der Waals surface area (Å²) in [7, 11) is 1.68. The molecule has 1 saturated heterocycles. The van der Waals surface area contributed by atoms with E-state index in [-0.39, 0.29) is 30.5 Å². The molecule has 5 nitrogen and oxygen atoms in total. The normalized spacial score (nSPS) is 20.5. The zero-order chi connectivity index (χ0) is 15.1. The van der Waals surface area contributed by atoms with E-state index in [0.717, 1.165) is 24.1 Å². The highest BCUT2D eigenvalue weighted by Gasteiger charge is 2.28. The first-order chi connectivity index (χ1) is 10.2. The molecule has 2 N–H and O–H groups in total. The van der Waals surface area contributed by atoms with Crippen LogP contribution in [0.1, 0.15) is 24.5 Å². The summed E-state index contributed by atoms with van der Waals surface area (Å²) in [6, 6.07) is 7.86. The van der Waals surface area contributed by atoms with Crippen LogP contribution in [-0.2, 0) is 27.4 Å². The van der Waals surface area contributed by atoms with Crippen molar-refractivity contribution in [3.05, 3.63) is 35.4 Å². The van der Waals surface area contributed by atoms with Crippen molar-refractivity contribution >= 4 is 18.3 Å². The van der Waals surface area contributed by atoms with Crippen molar-refractivity contribution in [3.8, 4) is 0 Å². The first-order valence-electron chi connectivity index (χ1n) is 7.43. The molecule has 22 heavy (non-hydrogen) atoms. The lowest BCUT2D eigenvalue weighted by Crippen LogP contribution is -2.40. The fourth-order valence-corrected chi connectivity index (χ4v) is 2.47. The van der Waals surface area contributed by atoms with Crippen LogP contribution in [-0.4, -0.2) is 38.3 Å². The number of hydrogen-bond acceptors (Lipinski definition) is 4. The summed E-state index contributed by atoms with van der Waals surface area (Å²) < 4.78 is 10.7. The minimum atomic E-state index is -0.158. The van der Waals surface area contributed by atoms with Gasteiger partial charge in [0, 0.05) is 26.8 Å². The number of carbonyl (C=O) groups is 1. The fourth-order valence-electron chi connectivity index (χ4n) is 2.47. The molecule has 1 aliphatic rings. The van der Waals surface area contributed by atoms with Gasteiger partial charge in [0.25, 0.3) is 0 Å². The Bertz CT molecular complexity index is 470. The van der Waals surface area contributed by atoms with Crippen LogP contribution in [0.5, 0.6) is 0 Å². The van der Waals surface area contributed by atoms with Crippen LogP contribution in [0.25, 0.3) is 0 Å². The Hall–Kier alpha value is -1.14. The molecule has 1 amide bonds. The molecule has 0 aliphatic carbocycles. The second-order valence-corrected chi connectivity index (χ2v) is 5.18. The van der Waals surface area contributed by atoms with Crippen LogP contribution in [0.2, 0.25) is 0 Å². The Balaban J connectivity index is 0.00000242. The van der Waals surface area contributed by atoms with Gasteiger partial charge in [-0.2, -0.15) is 0 Å². The van der Waals surface area contributed by atoms with Crippen molar-refractivity contribution in [2.45, 2.75) is 38.6 Å². The summed E-state index contributed by atoms with van der Waals surface area (Å²) in [5, 5.41) is 6.17. The van der Waals surface area contributed by atoms with Gasteiger partial charge >= 0.3 is 0 Å². The quantitative estimate of drug-likeness (QED) is 0.799. The molecule has 0 saturated carbocycles. The number of carbonyl (C=O) groups excluding carboxylic acids is 1. The topological polar surface area (TPSA) is 59.6 Å². The molecule has 0 spiro atoms. The van der Waals surface area contributed by atoms with Gasteiger partial charge in [-0.05, 0) is 24.5 Å². The third-order valence-corrected chi connectivity index (χ3v) is 3.77. The molecule has 1 aliphatic heterocycles. The van der Waals surface area contributed by atoms with Crippen molar-refractivity contribution in [1.29, 1.82) is 0 Å². The first-order valence-corrected chi connectivity index (χ1v) is 7.43. The van der Waals surface area contributed by atoms with E-state index in [9.17, 15) is 4.79 Å². The van der Waals surface area contributed by atoms with Gasteiger partial charge in [-0.25, -0.2) is 0 Å². The Morgan fingerprint density at radius 2 is 2.09 bits per heavy atom. The molecule has 0 aromatic heterocycles. The first kappa shape index (κ1) is 18.9. The highest BCUT2D eigenvalue weighted by atomic mass is 35.5. The lowest BCUT2D eigenvalue weighted by Gasteiger charge is -2.13. The summed E-state index contributed by atoms with van der Waals surface area (Å²) in [6.07, 6.45) is 0.856. The number of halogens is 1. The summed E-state index contributed by atoms with van der Waals surface area (Å²) in [4.78, 5) is 12.1. The molecule has 124 valence electrons. The van der Waals surface area contributed by atoms with Crippen LogP contribution in [0.4, 0.5) is 0 Å². The highest BCUT2D eigenvalue weighted by Crippen LogP contribution is 2.12. The summed E-state index contributed by atoms with van der Waals surface area (Å²) in [5.41, 5.74) is 2.22. The van der Waals surface area contributed by atoms with Gasteiger partial charge in [-0.15, -0.1) is 12.4 Å². The molecular formula is C16H25ClN2O3. The van der Waals surface area contributed by atoms with E-state index >= 15 is 0 Å². The molecular weight excluding hydrogens is 304 g/mol. The van der Waals surface area contributed by atoms with Crippen molar-refractivity contribution in [2.24, 2.45) is 0 Å². The number of nitrogens with one attached hydrogen (secondary N) is 2. The number of methoxy groups -OCH3 is 1. The molecule has 1 aromatic carbocycles. The second-order valence-electron chi connectivity index (χ2n) is 5.18. The van der Waals surface area contributed by atoms with Crippen LogP contribution < -0.4 is 10.6 Å². The number of ether oxygens (including phenoxy) is 2. The summed E-state index contributed by atoms with van der Waals surface area (Å²) in [5.74, 6) is 0.0285. The average Bonchev–Trinajstić information content (AvgIpc) is 3.00. The molecule has 6 heteroatoms. The predicted molar refractivity (Wildman–Crippen MR) is 88.1 cm³/mol. The molecule has 0 unspecified atom stereocenters. The van der Waals surface area contributed by atoms with Gasteiger partial charge in [0.15, 0.2) is 0 Å². The molecule has 2 atom stereocenters. The smallest absolute Gasteiger partial charge is 0.237 e. The maximum atomic E-state index is 12.1. The van der Waals surface area contributed by atoms with Crippen molar-refractivity contribution in [3.63, 3.8) is 0 Å². The predicted octanol–water partition coefficient (Wildman–Crippen LogP) is 1.64. The van der Waals surface area contributed by atoms with Crippen LogP contribution >= 0.6 is 12.4 Å². The Morgan fingerprint density at radius 1 is 1.36 bits per heavy atom. The van der Waals surface area contributed by atoms with Gasteiger partial charge in [0.1, 0.15) is 0 Å². The number of hydrogen-bond donors (Lipinski definition) is 2. The van der Waals surface area contributed by atoms with Crippen LogP contribution in [0.3, 0.4) is 0 Å². The third kappa shape index (κ3) is 5.25. The minimum Gasteiger partial charge on any atom is -0.380 e. The van der Waals surface area contributed by atoms with Crippen molar-refractivity contribution < 1.29 is 14.3 Å². The zero-order valence-electron chi connectivity index (χ0n) is 13.1. The molecule has 0 radical (unpaired) electrons. The largest absolute Gasteiger partial charge is 0.380 e. The highest BCUT2D eigenvalue weighted by molar-refractivity contribution is 5.85. The Labute approximate surface area is 138 Å². The summed E-state index contributed by atoms with van der Waals surface area (Å²) in [6.45, 7) is 4.50. The van der Waals surface area contributed by atoms with Crippen molar-refractivity contribution in [1.82, 2.24) is 10.6 Å². The second kappa shape index (κ2) is 9.79.